The highest BCUT2D eigenvalue weighted by Gasteiger charge is 2.43. The van der Waals surface area contributed by atoms with Gasteiger partial charge in [0, 0.05) is 6.54 Å². The van der Waals surface area contributed by atoms with Gasteiger partial charge >= 0.3 is 6.29 Å². The Kier molecular flexibility index (Phi) is 3.61. The van der Waals surface area contributed by atoms with E-state index in [2.05, 4.69) is 14.8 Å². The van der Waals surface area contributed by atoms with Crippen LogP contribution in [0.3, 0.4) is 0 Å². The first-order valence-electron chi connectivity index (χ1n) is 5.35. The van der Waals surface area contributed by atoms with Gasteiger partial charge in [0.1, 0.15) is 0 Å². The molecule has 7 heteroatoms. The van der Waals surface area contributed by atoms with Crippen molar-refractivity contribution >= 4 is 12.4 Å². The molecule has 2 heterocycles. The average molecular weight is 280 g/mol. The molecule has 3 rings (SSSR count). The molecule has 0 saturated carbocycles. The summed E-state index contributed by atoms with van der Waals surface area (Å²) in [6.07, 6.45) is -3.56. The first kappa shape index (κ1) is 13.3. The van der Waals surface area contributed by atoms with E-state index in [-0.39, 0.29) is 29.9 Å². The summed E-state index contributed by atoms with van der Waals surface area (Å²) in [5, 5.41) is 3.24. The van der Waals surface area contributed by atoms with Gasteiger partial charge in [0.2, 0.25) is 0 Å². The molecule has 2 aliphatic heterocycles. The summed E-state index contributed by atoms with van der Waals surface area (Å²) in [7, 11) is 0. The van der Waals surface area contributed by atoms with Gasteiger partial charge in [-0.2, -0.15) is 0 Å². The van der Waals surface area contributed by atoms with Gasteiger partial charge in [0.05, 0.1) is 19.3 Å². The topological polar surface area (TPSA) is 39.7 Å². The van der Waals surface area contributed by atoms with E-state index in [1.165, 1.54) is 6.07 Å². The van der Waals surface area contributed by atoms with Crippen LogP contribution in [0, 0.1) is 0 Å². The Morgan fingerprint density at radius 2 is 2.00 bits per heavy atom. The summed E-state index contributed by atoms with van der Waals surface area (Å²) in [6, 6.07) is 4.78. The first-order chi connectivity index (χ1) is 8.14. The quantitative estimate of drug-likeness (QED) is 0.854. The molecule has 1 fully saturated rings. The van der Waals surface area contributed by atoms with Crippen LogP contribution < -0.4 is 14.8 Å². The highest BCUT2D eigenvalue weighted by Crippen LogP contribution is 2.42. The second kappa shape index (κ2) is 4.87. The second-order valence-electron chi connectivity index (χ2n) is 3.96. The summed E-state index contributed by atoms with van der Waals surface area (Å²) in [4.78, 5) is 0. The van der Waals surface area contributed by atoms with Gasteiger partial charge < -0.3 is 19.5 Å². The minimum Gasteiger partial charge on any atom is -0.395 e. The highest BCUT2D eigenvalue weighted by atomic mass is 35.5. The molecule has 0 amide bonds. The lowest BCUT2D eigenvalue weighted by atomic mass is 10.1. The Bertz CT molecular complexity index is 438. The first-order valence-corrected chi connectivity index (χ1v) is 5.35. The zero-order valence-corrected chi connectivity index (χ0v) is 10.1. The van der Waals surface area contributed by atoms with E-state index in [4.69, 9.17) is 4.74 Å². The van der Waals surface area contributed by atoms with E-state index < -0.39 is 6.29 Å². The third-order valence-corrected chi connectivity index (χ3v) is 2.75. The van der Waals surface area contributed by atoms with Crippen LogP contribution in [0.25, 0.3) is 0 Å². The van der Waals surface area contributed by atoms with Crippen molar-refractivity contribution in [3.05, 3.63) is 23.8 Å². The molecule has 1 atom stereocenters. The standard InChI is InChI=1S/C11H11F2NO3.ClH/c12-11(13)16-9-2-1-7(5-10(9)17-11)8-6-15-4-3-14-8;/h1-2,5,8,14H,3-4,6H2;1H/t8-;/m1./s1. The lowest BCUT2D eigenvalue weighted by Gasteiger charge is -2.24. The van der Waals surface area contributed by atoms with Crippen LogP contribution in [0.1, 0.15) is 11.6 Å². The predicted molar refractivity (Wildman–Crippen MR) is 61.5 cm³/mol. The van der Waals surface area contributed by atoms with Crippen molar-refractivity contribution in [1.29, 1.82) is 0 Å². The lowest BCUT2D eigenvalue weighted by Crippen LogP contribution is -2.34. The summed E-state index contributed by atoms with van der Waals surface area (Å²) in [5.74, 6) is 0.135. The van der Waals surface area contributed by atoms with Crippen molar-refractivity contribution in [2.75, 3.05) is 19.8 Å². The molecule has 0 radical (unpaired) electrons. The van der Waals surface area contributed by atoms with Gasteiger partial charge in [-0.25, -0.2) is 0 Å². The SMILES string of the molecule is Cl.FC1(F)Oc2ccc([C@H]3COCCN3)cc2O1. The van der Waals surface area contributed by atoms with E-state index in [1.54, 1.807) is 12.1 Å². The lowest BCUT2D eigenvalue weighted by molar-refractivity contribution is -0.286. The number of morpholine rings is 1. The highest BCUT2D eigenvalue weighted by molar-refractivity contribution is 5.85. The smallest absolute Gasteiger partial charge is 0.395 e. The molecule has 100 valence electrons. The number of ether oxygens (including phenoxy) is 3. The Hall–Kier alpha value is -1.11. The van der Waals surface area contributed by atoms with Crippen LogP contribution in [-0.4, -0.2) is 26.1 Å². The molecule has 1 saturated heterocycles. The maximum Gasteiger partial charge on any atom is 0.586 e. The molecule has 1 aromatic carbocycles. The third kappa shape index (κ3) is 2.50. The molecule has 0 unspecified atom stereocenters. The molecule has 2 aliphatic rings. The van der Waals surface area contributed by atoms with Gasteiger partial charge in [0.15, 0.2) is 11.5 Å². The molecule has 18 heavy (non-hydrogen) atoms. The van der Waals surface area contributed by atoms with Crippen molar-refractivity contribution in [3.8, 4) is 11.5 Å². The maximum absolute atomic E-state index is 12.8. The van der Waals surface area contributed by atoms with E-state index in [0.717, 1.165) is 12.1 Å². The van der Waals surface area contributed by atoms with E-state index in [0.29, 0.717) is 13.2 Å². The molecule has 0 aromatic heterocycles. The van der Waals surface area contributed by atoms with Crippen LogP contribution in [0.15, 0.2) is 18.2 Å². The largest absolute Gasteiger partial charge is 0.586 e. The number of rotatable bonds is 1. The van der Waals surface area contributed by atoms with E-state index in [9.17, 15) is 8.78 Å². The molecular weight excluding hydrogens is 268 g/mol. The van der Waals surface area contributed by atoms with E-state index >= 15 is 0 Å². The number of hydrogen-bond donors (Lipinski definition) is 1. The van der Waals surface area contributed by atoms with Gasteiger partial charge in [0.25, 0.3) is 0 Å². The molecule has 0 bridgehead atoms. The third-order valence-electron chi connectivity index (χ3n) is 2.75. The predicted octanol–water partition coefficient (Wildman–Crippen LogP) is 2.09. The number of halogens is 3. The minimum absolute atomic E-state index is 0. The van der Waals surface area contributed by atoms with E-state index in [1.807, 2.05) is 0 Å². The van der Waals surface area contributed by atoms with Gasteiger partial charge in [-0.1, -0.05) is 6.07 Å². The maximum atomic E-state index is 12.8. The van der Waals surface area contributed by atoms with Gasteiger partial charge in [-0.05, 0) is 17.7 Å². The number of nitrogens with one attached hydrogen (secondary N) is 1. The van der Waals surface area contributed by atoms with Crippen molar-refractivity contribution in [3.63, 3.8) is 0 Å². The van der Waals surface area contributed by atoms with Gasteiger partial charge in [-0.15, -0.1) is 21.2 Å². The van der Waals surface area contributed by atoms with Crippen molar-refractivity contribution in [1.82, 2.24) is 5.32 Å². The van der Waals surface area contributed by atoms with Crippen molar-refractivity contribution in [2.45, 2.75) is 12.3 Å². The van der Waals surface area contributed by atoms with Gasteiger partial charge in [-0.3, -0.25) is 0 Å². The number of fused-ring (bicyclic) bond motifs is 1. The van der Waals surface area contributed by atoms with Crippen LogP contribution in [0.2, 0.25) is 0 Å². The minimum atomic E-state index is -3.56. The molecule has 0 spiro atoms. The normalized spacial score (nSPS) is 24.4. The molecule has 0 aliphatic carbocycles. The van der Waals surface area contributed by atoms with Crippen LogP contribution >= 0.6 is 12.4 Å². The summed E-state index contributed by atoms with van der Waals surface area (Å²) >= 11 is 0. The zero-order chi connectivity index (χ0) is 11.9. The molecule has 1 N–H and O–H groups in total. The van der Waals surface area contributed by atoms with Crippen LogP contribution in [0.5, 0.6) is 11.5 Å². The average Bonchev–Trinajstić information content (AvgIpc) is 2.63. The number of benzene rings is 1. The fourth-order valence-corrected chi connectivity index (χ4v) is 1.96. The molecule has 1 aromatic rings. The second-order valence-corrected chi connectivity index (χ2v) is 3.96. The number of hydrogen-bond acceptors (Lipinski definition) is 4. The monoisotopic (exact) mass is 279 g/mol. The summed E-state index contributed by atoms with van der Waals surface area (Å²) in [5.41, 5.74) is 0.852. The Balaban J connectivity index is 0.00000120. The molecular formula is C11H12ClF2NO3. The van der Waals surface area contributed by atoms with Crippen LogP contribution in [0.4, 0.5) is 8.78 Å². The number of alkyl halides is 2. The Morgan fingerprint density at radius 3 is 2.72 bits per heavy atom. The fourth-order valence-electron chi connectivity index (χ4n) is 1.96. The summed E-state index contributed by atoms with van der Waals surface area (Å²) < 4.78 is 39.7. The summed E-state index contributed by atoms with van der Waals surface area (Å²) in [6.45, 7) is 1.93. The van der Waals surface area contributed by atoms with Crippen LogP contribution in [-0.2, 0) is 4.74 Å². The van der Waals surface area contributed by atoms with Crippen molar-refractivity contribution < 1.29 is 23.0 Å². The molecule has 4 nitrogen and oxygen atoms in total. The fraction of sp³-hybridized carbons (Fsp3) is 0.455. The van der Waals surface area contributed by atoms with Crippen molar-refractivity contribution in [2.24, 2.45) is 0 Å². The zero-order valence-electron chi connectivity index (χ0n) is 9.32. The Morgan fingerprint density at radius 1 is 1.22 bits per heavy atom. The Labute approximate surface area is 109 Å².